The summed E-state index contributed by atoms with van der Waals surface area (Å²) in [7, 11) is 0. The lowest BCUT2D eigenvalue weighted by molar-refractivity contribution is -0.122. The Bertz CT molecular complexity index is 851. The van der Waals surface area contributed by atoms with Gasteiger partial charge in [-0.05, 0) is 63.4 Å². The number of benzene rings is 2. The molecule has 26 heavy (non-hydrogen) atoms. The Morgan fingerprint density at radius 3 is 2.62 bits per heavy atom. The van der Waals surface area contributed by atoms with Crippen molar-refractivity contribution < 1.29 is 14.3 Å². The number of imide groups is 1. The van der Waals surface area contributed by atoms with Gasteiger partial charge in [-0.3, -0.25) is 14.5 Å². The maximum absolute atomic E-state index is 12.3. The van der Waals surface area contributed by atoms with Crippen LogP contribution < -0.4 is 4.74 Å². The van der Waals surface area contributed by atoms with E-state index >= 15 is 0 Å². The summed E-state index contributed by atoms with van der Waals surface area (Å²) in [5.41, 5.74) is 1.93. The molecule has 1 fully saturated rings. The van der Waals surface area contributed by atoms with E-state index in [2.05, 4.69) is 15.9 Å². The summed E-state index contributed by atoms with van der Waals surface area (Å²) < 4.78 is 6.63. The predicted molar refractivity (Wildman–Crippen MR) is 108 cm³/mol. The third kappa shape index (κ3) is 4.37. The molecule has 1 aliphatic heterocycles. The molecule has 0 aromatic heterocycles. The minimum Gasteiger partial charge on any atom is -0.488 e. The molecule has 0 unspecified atom stereocenters. The second kappa shape index (κ2) is 8.56. The number of ether oxygens (including phenoxy) is 1. The van der Waals surface area contributed by atoms with Crippen LogP contribution in [0, 0.1) is 0 Å². The first kappa shape index (κ1) is 18.7. The van der Waals surface area contributed by atoms with E-state index < -0.39 is 0 Å². The number of carbonyl (C=O) groups excluding carboxylic acids is 2. The fourth-order valence-corrected chi connectivity index (χ4v) is 3.90. The topological polar surface area (TPSA) is 46.6 Å². The van der Waals surface area contributed by atoms with Gasteiger partial charge in [0.2, 0.25) is 0 Å². The normalized spacial score (nSPS) is 15.8. The molecule has 2 amide bonds. The van der Waals surface area contributed by atoms with Gasteiger partial charge in [-0.2, -0.15) is 0 Å². The fourth-order valence-electron chi connectivity index (χ4n) is 2.53. The minimum absolute atomic E-state index is 0.204. The molecule has 1 saturated heterocycles. The molecule has 1 aliphatic rings. The molecule has 4 nitrogen and oxygen atoms in total. The van der Waals surface area contributed by atoms with Gasteiger partial charge in [0.25, 0.3) is 11.1 Å². The van der Waals surface area contributed by atoms with Crippen LogP contribution in [0.5, 0.6) is 5.75 Å². The molecule has 6 heteroatoms. The van der Waals surface area contributed by atoms with Crippen LogP contribution in [-0.4, -0.2) is 22.6 Å². The maximum Gasteiger partial charge on any atom is 0.293 e. The van der Waals surface area contributed by atoms with E-state index in [0.29, 0.717) is 18.1 Å². The summed E-state index contributed by atoms with van der Waals surface area (Å²) in [4.78, 5) is 26.0. The minimum atomic E-state index is -0.220. The summed E-state index contributed by atoms with van der Waals surface area (Å²) in [5, 5.41) is -0.204. The van der Waals surface area contributed by atoms with Gasteiger partial charge in [0.1, 0.15) is 12.4 Å². The molecule has 1 heterocycles. The Morgan fingerprint density at radius 2 is 1.92 bits per heavy atom. The lowest BCUT2D eigenvalue weighted by Crippen LogP contribution is -2.28. The third-order valence-corrected chi connectivity index (χ3v) is 5.34. The highest BCUT2D eigenvalue weighted by Gasteiger charge is 2.34. The van der Waals surface area contributed by atoms with Gasteiger partial charge in [0, 0.05) is 6.54 Å². The van der Waals surface area contributed by atoms with Crippen molar-refractivity contribution in [2.75, 3.05) is 6.54 Å². The molecule has 0 N–H and O–H groups in total. The SMILES string of the molecule is CCCN1C(=O)S/C(=C/c2ccc(OCc3ccccc3)c(Br)c2)C1=O. The summed E-state index contributed by atoms with van der Waals surface area (Å²) in [6.45, 7) is 2.88. The number of hydrogen-bond donors (Lipinski definition) is 0. The quantitative estimate of drug-likeness (QED) is 0.568. The molecular weight excluding hydrogens is 414 g/mol. The Kier molecular flexibility index (Phi) is 6.16. The Morgan fingerprint density at radius 1 is 1.15 bits per heavy atom. The lowest BCUT2D eigenvalue weighted by atomic mass is 10.2. The van der Waals surface area contributed by atoms with Crippen molar-refractivity contribution >= 4 is 44.9 Å². The summed E-state index contributed by atoms with van der Waals surface area (Å²) in [6.07, 6.45) is 2.50. The van der Waals surface area contributed by atoms with Gasteiger partial charge in [-0.1, -0.05) is 43.3 Å². The number of thioether (sulfide) groups is 1. The molecule has 0 spiro atoms. The summed E-state index contributed by atoms with van der Waals surface area (Å²) in [5.74, 6) is 0.507. The van der Waals surface area contributed by atoms with Gasteiger partial charge in [-0.15, -0.1) is 0 Å². The summed E-state index contributed by atoms with van der Waals surface area (Å²) in [6, 6.07) is 15.5. The number of nitrogens with zero attached hydrogens (tertiary/aromatic N) is 1. The van der Waals surface area contributed by atoms with E-state index in [1.807, 2.05) is 55.5 Å². The Balaban J connectivity index is 1.71. The van der Waals surface area contributed by atoms with Gasteiger partial charge in [0.15, 0.2) is 0 Å². The zero-order chi connectivity index (χ0) is 18.5. The van der Waals surface area contributed by atoms with Gasteiger partial charge in [0.05, 0.1) is 9.38 Å². The van der Waals surface area contributed by atoms with Crippen LogP contribution in [0.2, 0.25) is 0 Å². The molecule has 0 radical (unpaired) electrons. The number of amides is 2. The highest BCUT2D eigenvalue weighted by atomic mass is 79.9. The molecular formula is C20H18BrNO3S. The largest absolute Gasteiger partial charge is 0.488 e. The average molecular weight is 432 g/mol. The highest BCUT2D eigenvalue weighted by Crippen LogP contribution is 2.34. The predicted octanol–water partition coefficient (Wildman–Crippen LogP) is 5.47. The van der Waals surface area contributed by atoms with Gasteiger partial charge >= 0.3 is 0 Å². The molecule has 3 rings (SSSR count). The zero-order valence-corrected chi connectivity index (χ0v) is 16.7. The highest BCUT2D eigenvalue weighted by molar-refractivity contribution is 9.10. The number of rotatable bonds is 6. The van der Waals surface area contributed by atoms with Crippen molar-refractivity contribution in [2.24, 2.45) is 0 Å². The van der Waals surface area contributed by atoms with E-state index in [1.54, 1.807) is 6.08 Å². The average Bonchev–Trinajstić information content (AvgIpc) is 2.90. The van der Waals surface area contributed by atoms with Crippen molar-refractivity contribution in [3.05, 3.63) is 69.0 Å². The standard InChI is InChI=1S/C20H18BrNO3S/c1-2-10-22-19(23)18(26-20(22)24)12-15-8-9-17(16(21)11-15)25-13-14-6-4-3-5-7-14/h3-9,11-12H,2,10,13H2,1H3/b18-12+. The van der Waals surface area contributed by atoms with E-state index in [1.165, 1.54) is 4.90 Å². The monoisotopic (exact) mass is 431 g/mol. The maximum atomic E-state index is 12.3. The van der Waals surface area contributed by atoms with Crippen LogP contribution in [0.25, 0.3) is 6.08 Å². The molecule has 0 atom stereocenters. The zero-order valence-electron chi connectivity index (χ0n) is 14.3. The van der Waals surface area contributed by atoms with Crippen LogP contribution in [0.4, 0.5) is 4.79 Å². The van der Waals surface area contributed by atoms with Gasteiger partial charge < -0.3 is 4.74 Å². The van der Waals surface area contributed by atoms with Crippen LogP contribution in [0.3, 0.4) is 0 Å². The smallest absolute Gasteiger partial charge is 0.293 e. The van der Waals surface area contributed by atoms with Crippen molar-refractivity contribution in [2.45, 2.75) is 20.0 Å². The molecule has 2 aromatic rings. The van der Waals surface area contributed by atoms with Crippen LogP contribution in [0.15, 0.2) is 57.9 Å². The van der Waals surface area contributed by atoms with Crippen LogP contribution in [-0.2, 0) is 11.4 Å². The van der Waals surface area contributed by atoms with Gasteiger partial charge in [-0.25, -0.2) is 0 Å². The number of hydrogen-bond acceptors (Lipinski definition) is 4. The second-order valence-electron chi connectivity index (χ2n) is 5.80. The molecule has 0 aliphatic carbocycles. The number of carbonyl (C=O) groups is 2. The van der Waals surface area contributed by atoms with Crippen molar-refractivity contribution in [1.29, 1.82) is 0 Å². The second-order valence-corrected chi connectivity index (χ2v) is 7.65. The lowest BCUT2D eigenvalue weighted by Gasteiger charge is -2.10. The van der Waals surface area contributed by atoms with E-state index in [0.717, 1.165) is 39.5 Å². The molecule has 134 valence electrons. The molecule has 2 aromatic carbocycles. The van der Waals surface area contributed by atoms with E-state index in [9.17, 15) is 9.59 Å². The number of halogens is 1. The van der Waals surface area contributed by atoms with Crippen LogP contribution >= 0.6 is 27.7 Å². The van der Waals surface area contributed by atoms with Crippen LogP contribution in [0.1, 0.15) is 24.5 Å². The fraction of sp³-hybridized carbons (Fsp3) is 0.200. The van der Waals surface area contributed by atoms with Crippen molar-refractivity contribution in [3.8, 4) is 5.75 Å². The third-order valence-electron chi connectivity index (χ3n) is 3.81. The van der Waals surface area contributed by atoms with Crippen molar-refractivity contribution in [3.63, 3.8) is 0 Å². The molecule has 0 saturated carbocycles. The van der Waals surface area contributed by atoms with E-state index in [-0.39, 0.29) is 11.1 Å². The molecule has 0 bridgehead atoms. The van der Waals surface area contributed by atoms with Crippen molar-refractivity contribution in [1.82, 2.24) is 4.90 Å². The Labute approximate surface area is 165 Å². The first-order valence-corrected chi connectivity index (χ1v) is 9.91. The first-order valence-electron chi connectivity index (χ1n) is 8.30. The Hall–Kier alpha value is -2.05. The van der Waals surface area contributed by atoms with E-state index in [4.69, 9.17) is 4.74 Å². The summed E-state index contributed by atoms with van der Waals surface area (Å²) >= 11 is 4.50. The first-order chi connectivity index (χ1) is 12.6.